The molecule has 25 heavy (non-hydrogen) atoms. The highest BCUT2D eigenvalue weighted by molar-refractivity contribution is 5.83. The van der Waals surface area contributed by atoms with Crippen LogP contribution in [0, 0.1) is 0 Å². The number of fused-ring (bicyclic) bond motifs is 2. The summed E-state index contributed by atoms with van der Waals surface area (Å²) in [6, 6.07) is 10.6. The molecule has 1 aliphatic heterocycles. The third-order valence-corrected chi connectivity index (χ3v) is 5.17. The van der Waals surface area contributed by atoms with Crippen LogP contribution >= 0.6 is 0 Å². The molecule has 0 radical (unpaired) electrons. The summed E-state index contributed by atoms with van der Waals surface area (Å²) in [6.45, 7) is 2.33. The normalized spacial score (nSPS) is 20.6. The van der Waals surface area contributed by atoms with Crippen molar-refractivity contribution in [2.75, 3.05) is 6.54 Å². The van der Waals surface area contributed by atoms with E-state index in [0.29, 0.717) is 12.6 Å². The number of carbonyl (C=O) groups excluding carboxylic acids is 1. The molecule has 2 N–H and O–H groups in total. The van der Waals surface area contributed by atoms with E-state index in [-0.39, 0.29) is 11.9 Å². The second kappa shape index (κ2) is 5.74. The smallest absolute Gasteiger partial charge is 0.246 e. The van der Waals surface area contributed by atoms with Gasteiger partial charge in [0.25, 0.3) is 0 Å². The number of aromatic amines is 1. The summed E-state index contributed by atoms with van der Waals surface area (Å²) >= 11 is 0. The predicted molar refractivity (Wildman–Crippen MR) is 94.8 cm³/mol. The van der Waals surface area contributed by atoms with Crippen LogP contribution < -0.4 is 5.32 Å². The fraction of sp³-hybridized carbons (Fsp3) is 0.368. The van der Waals surface area contributed by atoms with Crippen molar-refractivity contribution in [3.05, 3.63) is 54.0 Å². The molecule has 1 amide bonds. The maximum absolute atomic E-state index is 12.7. The fourth-order valence-electron chi connectivity index (χ4n) is 3.73. The van der Waals surface area contributed by atoms with E-state index in [0.717, 1.165) is 37.1 Å². The van der Waals surface area contributed by atoms with Gasteiger partial charge in [-0.3, -0.25) is 14.4 Å². The molecule has 1 atom stereocenters. The van der Waals surface area contributed by atoms with Crippen molar-refractivity contribution in [1.82, 2.24) is 25.0 Å². The number of hydrogen-bond acceptors (Lipinski definition) is 3. The third-order valence-electron chi connectivity index (χ3n) is 5.17. The predicted octanol–water partition coefficient (Wildman–Crippen LogP) is 2.20. The molecule has 2 aromatic heterocycles. The van der Waals surface area contributed by atoms with E-state index in [1.807, 2.05) is 16.9 Å². The lowest BCUT2D eigenvalue weighted by atomic mass is 10.1. The summed E-state index contributed by atoms with van der Waals surface area (Å²) in [5, 5.41) is 8.78. The van der Waals surface area contributed by atoms with Crippen LogP contribution in [0.4, 0.5) is 0 Å². The first kappa shape index (κ1) is 14.7. The maximum atomic E-state index is 12.7. The lowest BCUT2D eigenvalue weighted by Gasteiger charge is -2.33. The summed E-state index contributed by atoms with van der Waals surface area (Å²) in [5.41, 5.74) is 3.54. The lowest BCUT2D eigenvalue weighted by molar-refractivity contribution is -0.126. The summed E-state index contributed by atoms with van der Waals surface area (Å²) in [4.78, 5) is 18.3. The quantitative estimate of drug-likeness (QED) is 0.768. The van der Waals surface area contributed by atoms with Crippen molar-refractivity contribution in [3.63, 3.8) is 0 Å². The van der Waals surface area contributed by atoms with E-state index in [2.05, 4.69) is 44.6 Å². The number of nitrogens with one attached hydrogen (secondary N) is 2. The number of H-pyrrole nitrogens is 1. The molecule has 128 valence electrons. The summed E-state index contributed by atoms with van der Waals surface area (Å²) in [6.07, 6.45) is 5.97. The van der Waals surface area contributed by atoms with Gasteiger partial charge in [0.2, 0.25) is 5.91 Å². The first-order valence-electron chi connectivity index (χ1n) is 8.88. The van der Waals surface area contributed by atoms with Crippen LogP contribution in [-0.2, 0) is 17.9 Å². The minimum absolute atomic E-state index is 0.0944. The van der Waals surface area contributed by atoms with E-state index in [4.69, 9.17) is 0 Å². The summed E-state index contributed by atoms with van der Waals surface area (Å²) in [5.74, 6) is 0.0944. The van der Waals surface area contributed by atoms with Crippen molar-refractivity contribution in [1.29, 1.82) is 0 Å². The Bertz CT molecular complexity index is 923. The Labute approximate surface area is 145 Å². The zero-order valence-corrected chi connectivity index (χ0v) is 14.0. The Hall–Kier alpha value is -2.60. The topological polar surface area (TPSA) is 66.0 Å². The van der Waals surface area contributed by atoms with Crippen molar-refractivity contribution in [3.8, 4) is 0 Å². The number of benzene rings is 1. The zero-order chi connectivity index (χ0) is 16.8. The van der Waals surface area contributed by atoms with Gasteiger partial charge in [0.05, 0.1) is 5.69 Å². The van der Waals surface area contributed by atoms with Gasteiger partial charge in [0, 0.05) is 49.0 Å². The minimum atomic E-state index is -0.246. The highest BCUT2D eigenvalue weighted by atomic mass is 16.2. The molecule has 0 spiro atoms. The first-order chi connectivity index (χ1) is 12.3. The van der Waals surface area contributed by atoms with Gasteiger partial charge in [-0.2, -0.15) is 5.10 Å². The number of amides is 1. The van der Waals surface area contributed by atoms with Crippen LogP contribution in [0.25, 0.3) is 10.9 Å². The number of nitrogens with zero attached hydrogens (tertiary/aromatic N) is 3. The van der Waals surface area contributed by atoms with E-state index < -0.39 is 0 Å². The Morgan fingerprint density at radius 2 is 2.20 bits per heavy atom. The average Bonchev–Trinajstić information content (AvgIpc) is 3.11. The molecule has 2 aliphatic rings. The molecule has 6 heteroatoms. The Balaban J connectivity index is 1.41. The number of carbonyl (C=O) groups is 1. The molecule has 3 heterocycles. The van der Waals surface area contributed by atoms with Crippen LogP contribution in [-0.4, -0.2) is 38.2 Å². The largest absolute Gasteiger partial charge is 0.361 e. The van der Waals surface area contributed by atoms with Crippen LogP contribution in [0.2, 0.25) is 0 Å². The lowest BCUT2D eigenvalue weighted by Crippen LogP contribution is -2.45. The van der Waals surface area contributed by atoms with Crippen molar-refractivity contribution >= 4 is 16.8 Å². The molecule has 0 saturated heterocycles. The molecular formula is C19H21N5O. The molecule has 6 nitrogen and oxygen atoms in total. The van der Waals surface area contributed by atoms with Gasteiger partial charge in [-0.25, -0.2) is 0 Å². The second-order valence-corrected chi connectivity index (χ2v) is 7.09. The van der Waals surface area contributed by atoms with Crippen molar-refractivity contribution < 1.29 is 4.79 Å². The molecule has 0 unspecified atom stereocenters. The number of rotatable bonds is 4. The zero-order valence-electron chi connectivity index (χ0n) is 14.0. The van der Waals surface area contributed by atoms with E-state index in [9.17, 15) is 4.79 Å². The summed E-state index contributed by atoms with van der Waals surface area (Å²) in [7, 11) is 0. The molecular weight excluding hydrogens is 314 g/mol. The molecule has 1 saturated carbocycles. The Kier molecular flexibility index (Phi) is 3.38. The van der Waals surface area contributed by atoms with Gasteiger partial charge in [0.15, 0.2) is 0 Å². The minimum Gasteiger partial charge on any atom is -0.361 e. The van der Waals surface area contributed by atoms with E-state index in [1.165, 1.54) is 10.9 Å². The highest BCUT2D eigenvalue weighted by Gasteiger charge is 2.34. The second-order valence-electron chi connectivity index (χ2n) is 7.09. The Morgan fingerprint density at radius 3 is 3.08 bits per heavy atom. The van der Waals surface area contributed by atoms with E-state index in [1.54, 1.807) is 6.20 Å². The van der Waals surface area contributed by atoms with Gasteiger partial charge < -0.3 is 10.3 Å². The fourth-order valence-corrected chi connectivity index (χ4v) is 3.73. The molecule has 1 aliphatic carbocycles. The maximum Gasteiger partial charge on any atom is 0.246 e. The van der Waals surface area contributed by atoms with Crippen LogP contribution in [0.3, 0.4) is 0 Å². The summed E-state index contributed by atoms with van der Waals surface area (Å²) < 4.78 is 1.89. The first-order valence-corrected chi connectivity index (χ1v) is 8.88. The van der Waals surface area contributed by atoms with Crippen molar-refractivity contribution in [2.24, 2.45) is 0 Å². The molecule has 3 aromatic rings. The standard InChI is InChI=1S/C19H21N5O/c25-19(22-14-4-5-14)18-12-23(11-15-6-9-21-24(15)18)10-13-2-1-3-17-16(13)7-8-20-17/h1-3,6-9,14,18,20H,4-5,10-12H2,(H,22,25)/t18-/m1/s1. The molecule has 0 bridgehead atoms. The van der Waals surface area contributed by atoms with Gasteiger partial charge >= 0.3 is 0 Å². The highest BCUT2D eigenvalue weighted by Crippen LogP contribution is 2.26. The number of hydrogen-bond donors (Lipinski definition) is 2. The van der Waals surface area contributed by atoms with Crippen LogP contribution in [0.5, 0.6) is 0 Å². The van der Waals surface area contributed by atoms with Crippen LogP contribution in [0.15, 0.2) is 42.7 Å². The van der Waals surface area contributed by atoms with E-state index >= 15 is 0 Å². The third kappa shape index (κ3) is 2.72. The molecule has 1 fully saturated rings. The monoisotopic (exact) mass is 335 g/mol. The van der Waals surface area contributed by atoms with Crippen molar-refractivity contribution in [2.45, 2.75) is 38.0 Å². The van der Waals surface area contributed by atoms with Gasteiger partial charge in [-0.05, 0) is 36.6 Å². The molecule has 5 rings (SSSR count). The average molecular weight is 335 g/mol. The Morgan fingerprint density at radius 1 is 1.28 bits per heavy atom. The van der Waals surface area contributed by atoms with Gasteiger partial charge in [-0.15, -0.1) is 0 Å². The molecule has 1 aromatic carbocycles. The SMILES string of the molecule is O=C(NC1CC1)[C@H]1CN(Cc2cccc3[nH]ccc23)Cc2ccnn21. The van der Waals surface area contributed by atoms with Gasteiger partial charge in [0.1, 0.15) is 6.04 Å². The number of aromatic nitrogens is 3. The van der Waals surface area contributed by atoms with Gasteiger partial charge in [-0.1, -0.05) is 12.1 Å². The van der Waals surface area contributed by atoms with Crippen LogP contribution in [0.1, 0.15) is 30.1 Å².